The highest BCUT2D eigenvalue weighted by molar-refractivity contribution is 7.89. The minimum atomic E-state index is -3.78. The Morgan fingerprint density at radius 3 is 2.41 bits per heavy atom. The number of phenols is 1. The first-order chi connectivity index (χ1) is 12.7. The third-order valence-corrected chi connectivity index (χ3v) is 4.44. The lowest BCUT2D eigenvalue weighted by atomic mass is 10.2. The lowest BCUT2D eigenvalue weighted by molar-refractivity contribution is -0.124. The van der Waals surface area contributed by atoms with Crippen LogP contribution in [-0.2, 0) is 26.1 Å². The van der Waals surface area contributed by atoms with Gasteiger partial charge in [0.05, 0.1) is 12.0 Å². The maximum Gasteiger partial charge on any atom is 0.342 e. The van der Waals surface area contributed by atoms with Crippen LogP contribution in [0.3, 0.4) is 0 Å². The Morgan fingerprint density at radius 1 is 1.15 bits per heavy atom. The van der Waals surface area contributed by atoms with E-state index >= 15 is 0 Å². The molecule has 0 radical (unpaired) electrons. The van der Waals surface area contributed by atoms with Crippen LogP contribution in [0.25, 0.3) is 0 Å². The summed E-state index contributed by atoms with van der Waals surface area (Å²) in [6, 6.07) is 9.96. The van der Waals surface area contributed by atoms with Crippen molar-refractivity contribution >= 4 is 21.9 Å². The fourth-order valence-electron chi connectivity index (χ4n) is 2.11. The number of hydrogen-bond acceptors (Lipinski definition) is 7. The van der Waals surface area contributed by atoms with E-state index in [2.05, 4.69) is 5.32 Å². The maximum absolute atomic E-state index is 12.0. The van der Waals surface area contributed by atoms with Gasteiger partial charge in [-0.3, -0.25) is 4.79 Å². The molecule has 0 atom stereocenters. The third kappa shape index (κ3) is 5.43. The average molecular weight is 394 g/mol. The van der Waals surface area contributed by atoms with E-state index in [1.807, 2.05) is 0 Å². The molecule has 0 aliphatic carbocycles. The number of primary sulfonamides is 1. The zero-order valence-electron chi connectivity index (χ0n) is 14.3. The van der Waals surface area contributed by atoms with Crippen molar-refractivity contribution in [2.45, 2.75) is 11.4 Å². The number of rotatable bonds is 7. The number of phenolic OH excluding ortho intramolecular Hbond substituents is 1. The highest BCUT2D eigenvalue weighted by atomic mass is 32.2. The van der Waals surface area contributed by atoms with Crippen molar-refractivity contribution in [3.8, 4) is 11.5 Å². The number of aromatic hydroxyl groups is 1. The molecular formula is C17H18N2O7S. The van der Waals surface area contributed by atoms with Gasteiger partial charge in [0.25, 0.3) is 5.91 Å². The molecule has 2 rings (SSSR count). The summed E-state index contributed by atoms with van der Waals surface area (Å²) in [4.78, 5) is 23.7. The number of ether oxygens (including phenoxy) is 2. The van der Waals surface area contributed by atoms with E-state index in [1.54, 1.807) is 0 Å². The summed E-state index contributed by atoms with van der Waals surface area (Å²) in [5, 5.41) is 17.4. The van der Waals surface area contributed by atoms with Crippen LogP contribution >= 0.6 is 0 Å². The summed E-state index contributed by atoms with van der Waals surface area (Å²) in [5.41, 5.74) is 0.508. The summed E-state index contributed by atoms with van der Waals surface area (Å²) < 4.78 is 32.1. The molecule has 27 heavy (non-hydrogen) atoms. The first-order valence-electron chi connectivity index (χ1n) is 7.64. The minimum absolute atomic E-state index is 0.0374. The smallest absolute Gasteiger partial charge is 0.342 e. The molecule has 4 N–H and O–H groups in total. The van der Waals surface area contributed by atoms with Gasteiger partial charge in [0.15, 0.2) is 18.1 Å². The minimum Gasteiger partial charge on any atom is -0.504 e. The number of nitrogens with two attached hydrogens (primary N) is 1. The van der Waals surface area contributed by atoms with E-state index < -0.39 is 28.5 Å². The SMILES string of the molecule is COc1cccc(C(=O)OCC(=O)NCc2ccc(S(N)(=O)=O)cc2)c1O. The lowest BCUT2D eigenvalue weighted by Gasteiger charge is -2.09. The zero-order valence-corrected chi connectivity index (χ0v) is 15.2. The average Bonchev–Trinajstić information content (AvgIpc) is 2.64. The second-order valence-corrected chi connectivity index (χ2v) is 6.96. The third-order valence-electron chi connectivity index (χ3n) is 3.51. The van der Waals surface area contributed by atoms with Crippen molar-refractivity contribution in [2.24, 2.45) is 5.14 Å². The molecule has 2 aromatic carbocycles. The van der Waals surface area contributed by atoms with Crippen molar-refractivity contribution in [2.75, 3.05) is 13.7 Å². The van der Waals surface area contributed by atoms with Crippen molar-refractivity contribution < 1.29 is 32.6 Å². The summed E-state index contributed by atoms with van der Waals surface area (Å²) in [7, 11) is -2.44. The van der Waals surface area contributed by atoms with Gasteiger partial charge in [-0.05, 0) is 29.8 Å². The second kappa shape index (κ2) is 8.52. The molecule has 2 aromatic rings. The highest BCUT2D eigenvalue weighted by Gasteiger charge is 2.17. The number of benzene rings is 2. The Hall–Kier alpha value is -3.11. The van der Waals surface area contributed by atoms with Gasteiger partial charge in [0.2, 0.25) is 10.0 Å². The van der Waals surface area contributed by atoms with E-state index in [0.717, 1.165) is 0 Å². The van der Waals surface area contributed by atoms with Crippen molar-refractivity contribution in [3.05, 3.63) is 53.6 Å². The topological polar surface area (TPSA) is 145 Å². The number of sulfonamides is 1. The monoisotopic (exact) mass is 394 g/mol. The quantitative estimate of drug-likeness (QED) is 0.581. The number of carbonyl (C=O) groups excluding carboxylic acids is 2. The number of hydrogen-bond donors (Lipinski definition) is 3. The predicted molar refractivity (Wildman–Crippen MR) is 94.6 cm³/mol. The summed E-state index contributed by atoms with van der Waals surface area (Å²) in [5.74, 6) is -1.71. The van der Waals surface area contributed by atoms with Crippen LogP contribution in [0.15, 0.2) is 47.4 Å². The molecule has 0 aliphatic heterocycles. The fourth-order valence-corrected chi connectivity index (χ4v) is 2.62. The van der Waals surface area contributed by atoms with Gasteiger partial charge in [0, 0.05) is 6.54 Å². The molecule has 0 saturated heterocycles. The van der Waals surface area contributed by atoms with Gasteiger partial charge in [-0.25, -0.2) is 18.4 Å². The standard InChI is InChI=1S/C17H18N2O7S/c1-25-14-4-2-3-13(16(14)21)17(22)26-10-15(20)19-9-11-5-7-12(8-6-11)27(18,23)24/h2-8,21H,9-10H2,1H3,(H,19,20)(H2,18,23,24). The van der Waals surface area contributed by atoms with Gasteiger partial charge in [-0.2, -0.15) is 0 Å². The van der Waals surface area contributed by atoms with Crippen LogP contribution in [0.5, 0.6) is 11.5 Å². The normalized spacial score (nSPS) is 10.9. The molecule has 0 heterocycles. The number of esters is 1. The lowest BCUT2D eigenvalue weighted by Crippen LogP contribution is -2.28. The van der Waals surface area contributed by atoms with Crippen LogP contribution in [0.4, 0.5) is 0 Å². The first kappa shape index (κ1) is 20.2. The highest BCUT2D eigenvalue weighted by Crippen LogP contribution is 2.29. The van der Waals surface area contributed by atoms with Crippen LogP contribution < -0.4 is 15.2 Å². The predicted octanol–water partition coefficient (Wildman–Crippen LogP) is 0.521. The Morgan fingerprint density at radius 2 is 1.81 bits per heavy atom. The van der Waals surface area contributed by atoms with Gasteiger partial charge in [-0.15, -0.1) is 0 Å². The molecule has 0 fully saturated rings. The number of methoxy groups -OCH3 is 1. The second-order valence-electron chi connectivity index (χ2n) is 5.40. The largest absolute Gasteiger partial charge is 0.504 e. The molecule has 144 valence electrons. The van der Waals surface area contributed by atoms with Crippen molar-refractivity contribution in [3.63, 3.8) is 0 Å². The number of para-hydroxylation sites is 1. The van der Waals surface area contributed by atoms with Crippen LogP contribution in [0.1, 0.15) is 15.9 Å². The van der Waals surface area contributed by atoms with E-state index in [1.165, 1.54) is 49.6 Å². The zero-order chi connectivity index (χ0) is 20.0. The Kier molecular flexibility index (Phi) is 6.37. The van der Waals surface area contributed by atoms with Crippen LogP contribution in [0.2, 0.25) is 0 Å². The summed E-state index contributed by atoms with van der Waals surface area (Å²) >= 11 is 0. The molecule has 0 aliphatic rings. The first-order valence-corrected chi connectivity index (χ1v) is 9.18. The van der Waals surface area contributed by atoms with E-state index in [4.69, 9.17) is 14.6 Å². The number of carbonyl (C=O) groups is 2. The maximum atomic E-state index is 12.0. The molecule has 10 heteroatoms. The molecule has 9 nitrogen and oxygen atoms in total. The van der Waals surface area contributed by atoms with Crippen LogP contribution in [0, 0.1) is 0 Å². The molecule has 0 saturated carbocycles. The molecular weight excluding hydrogens is 376 g/mol. The summed E-state index contributed by atoms with van der Waals surface area (Å²) in [6.07, 6.45) is 0. The van der Waals surface area contributed by atoms with E-state index in [-0.39, 0.29) is 28.5 Å². The van der Waals surface area contributed by atoms with E-state index in [0.29, 0.717) is 5.56 Å². The van der Waals surface area contributed by atoms with E-state index in [9.17, 15) is 23.1 Å². The molecule has 1 amide bonds. The summed E-state index contributed by atoms with van der Waals surface area (Å²) in [6.45, 7) is -0.448. The number of nitrogens with one attached hydrogen (secondary N) is 1. The molecule has 0 unspecified atom stereocenters. The van der Waals surface area contributed by atoms with Gasteiger partial charge in [-0.1, -0.05) is 18.2 Å². The molecule has 0 aromatic heterocycles. The van der Waals surface area contributed by atoms with Crippen LogP contribution in [-0.4, -0.2) is 39.1 Å². The molecule has 0 spiro atoms. The Balaban J connectivity index is 1.87. The molecule has 0 bridgehead atoms. The Bertz CT molecular complexity index is 940. The fraction of sp³-hybridized carbons (Fsp3) is 0.176. The van der Waals surface area contributed by atoms with Gasteiger partial charge < -0.3 is 19.9 Å². The van der Waals surface area contributed by atoms with Crippen molar-refractivity contribution in [1.29, 1.82) is 0 Å². The number of amides is 1. The van der Waals surface area contributed by atoms with Gasteiger partial charge in [0.1, 0.15) is 5.56 Å². The van der Waals surface area contributed by atoms with Crippen molar-refractivity contribution in [1.82, 2.24) is 5.32 Å². The Labute approximate surface area is 155 Å². The van der Waals surface area contributed by atoms with Gasteiger partial charge >= 0.3 is 5.97 Å².